The topological polar surface area (TPSA) is 47.7 Å². The number of rotatable bonds is 9. The van der Waals surface area contributed by atoms with Crippen molar-refractivity contribution in [2.75, 3.05) is 37.4 Å². The Morgan fingerprint density at radius 3 is 2.55 bits per heavy atom. The monoisotopic (exact) mass is 304 g/mol. The van der Waals surface area contributed by atoms with Gasteiger partial charge in [0.1, 0.15) is 12.4 Å². The molecule has 1 aromatic rings. The van der Waals surface area contributed by atoms with Crippen molar-refractivity contribution in [2.24, 2.45) is 0 Å². The van der Waals surface area contributed by atoms with E-state index < -0.39 is 0 Å². The molecule has 0 aliphatic heterocycles. The van der Waals surface area contributed by atoms with Crippen LogP contribution in [0.3, 0.4) is 0 Å². The van der Waals surface area contributed by atoms with E-state index >= 15 is 0 Å². The van der Waals surface area contributed by atoms with Crippen LogP contribution in [0.25, 0.3) is 0 Å². The maximum absolute atomic E-state index is 5.96. The highest BCUT2D eigenvalue weighted by atomic mass is 16.5. The van der Waals surface area contributed by atoms with Crippen molar-refractivity contribution < 1.29 is 9.47 Å². The molecule has 0 heterocycles. The molecule has 0 amide bonds. The molecular weight excluding hydrogens is 276 g/mol. The fourth-order valence-electron chi connectivity index (χ4n) is 2.11. The molecule has 0 aliphatic rings. The van der Waals surface area contributed by atoms with Crippen molar-refractivity contribution >= 4 is 11.4 Å². The number of nitrogens with zero attached hydrogens (tertiary/aromatic N) is 1. The van der Waals surface area contributed by atoms with Crippen LogP contribution in [-0.4, -0.2) is 26.8 Å². The van der Waals surface area contributed by atoms with E-state index in [1.165, 1.54) is 0 Å². The molecule has 4 nitrogen and oxygen atoms in total. The molecule has 122 valence electrons. The van der Waals surface area contributed by atoms with E-state index in [2.05, 4.69) is 31.0 Å². The van der Waals surface area contributed by atoms with E-state index in [4.69, 9.17) is 15.2 Å². The first kappa shape index (κ1) is 18.0. The van der Waals surface area contributed by atoms with Gasteiger partial charge in [-0.15, -0.1) is 0 Å². The van der Waals surface area contributed by atoms with Crippen LogP contribution in [0.5, 0.6) is 5.75 Å². The van der Waals surface area contributed by atoms with Crippen LogP contribution in [0.1, 0.15) is 25.8 Å². The van der Waals surface area contributed by atoms with Gasteiger partial charge in [0.2, 0.25) is 0 Å². The fraction of sp³-hybridized carbons (Fsp3) is 0.444. The lowest BCUT2D eigenvalue weighted by Crippen LogP contribution is -2.25. The molecule has 2 N–H and O–H groups in total. The zero-order chi connectivity index (χ0) is 16.7. The van der Waals surface area contributed by atoms with Gasteiger partial charge in [0.05, 0.1) is 18.6 Å². The summed E-state index contributed by atoms with van der Waals surface area (Å²) in [7, 11) is 1.66. The fourth-order valence-corrected chi connectivity index (χ4v) is 2.11. The zero-order valence-electron chi connectivity index (χ0n) is 14.2. The van der Waals surface area contributed by atoms with Gasteiger partial charge in [-0.1, -0.05) is 13.2 Å². The van der Waals surface area contributed by atoms with Gasteiger partial charge < -0.3 is 20.1 Å². The minimum absolute atomic E-state index is 0.523. The largest absolute Gasteiger partial charge is 0.495 e. The number of ether oxygens (including phenoxy) is 2. The second-order valence-electron chi connectivity index (χ2n) is 5.49. The number of benzene rings is 1. The van der Waals surface area contributed by atoms with Gasteiger partial charge in [-0.25, -0.2) is 0 Å². The molecule has 0 unspecified atom stereocenters. The average Bonchev–Trinajstić information content (AvgIpc) is 2.48. The maximum Gasteiger partial charge on any atom is 0.144 e. The minimum atomic E-state index is 0.523. The molecule has 1 rings (SSSR count). The van der Waals surface area contributed by atoms with Crippen molar-refractivity contribution in [1.29, 1.82) is 0 Å². The number of hydrogen-bond donors (Lipinski definition) is 1. The molecule has 0 atom stereocenters. The van der Waals surface area contributed by atoms with Gasteiger partial charge in [-0.05, 0) is 38.0 Å². The predicted molar refractivity (Wildman–Crippen MR) is 94.6 cm³/mol. The minimum Gasteiger partial charge on any atom is -0.495 e. The third-order valence-corrected chi connectivity index (χ3v) is 3.47. The summed E-state index contributed by atoms with van der Waals surface area (Å²) in [5.74, 6) is 1.56. The van der Waals surface area contributed by atoms with Crippen molar-refractivity contribution in [3.63, 3.8) is 0 Å². The first-order chi connectivity index (χ1) is 10.4. The lowest BCUT2D eigenvalue weighted by atomic mass is 10.1. The molecule has 0 aromatic heterocycles. The van der Waals surface area contributed by atoms with Gasteiger partial charge in [0.15, 0.2) is 0 Å². The van der Waals surface area contributed by atoms with Crippen LogP contribution in [-0.2, 0) is 4.74 Å². The second-order valence-corrected chi connectivity index (χ2v) is 5.49. The van der Waals surface area contributed by atoms with Crippen molar-refractivity contribution in [3.8, 4) is 5.75 Å². The van der Waals surface area contributed by atoms with Crippen molar-refractivity contribution in [2.45, 2.75) is 27.2 Å². The Balaban J connectivity index is 2.78. The van der Waals surface area contributed by atoms with E-state index in [-0.39, 0.29) is 0 Å². The molecule has 0 radical (unpaired) electrons. The molecule has 0 saturated carbocycles. The predicted octanol–water partition coefficient (Wildman–Crippen LogP) is 3.91. The van der Waals surface area contributed by atoms with Crippen LogP contribution >= 0.6 is 0 Å². The Bertz CT molecular complexity index is 538. The Kier molecular flexibility index (Phi) is 6.83. The van der Waals surface area contributed by atoms with Crippen molar-refractivity contribution in [3.05, 3.63) is 42.2 Å². The van der Waals surface area contributed by atoms with Crippen LogP contribution in [0.2, 0.25) is 0 Å². The zero-order valence-corrected chi connectivity index (χ0v) is 14.2. The van der Waals surface area contributed by atoms with E-state index in [1.54, 1.807) is 7.11 Å². The summed E-state index contributed by atoms with van der Waals surface area (Å²) in [5.41, 5.74) is 9.78. The standard InChI is InChI=1S/C18H28N2O2/c1-7-20(9-8-15(5)22-12-13(2)3)17-10-14(4)16(19)11-18(17)21-6/h10-11H,2,5,7-9,12,19H2,1,3-4,6H3. The highest BCUT2D eigenvalue weighted by molar-refractivity contribution is 5.67. The Labute approximate surface area is 134 Å². The number of nitrogens with two attached hydrogens (primary N) is 1. The highest BCUT2D eigenvalue weighted by Crippen LogP contribution is 2.33. The molecule has 0 aliphatic carbocycles. The van der Waals surface area contributed by atoms with Gasteiger partial charge in [-0.2, -0.15) is 0 Å². The third-order valence-electron chi connectivity index (χ3n) is 3.47. The number of methoxy groups -OCH3 is 1. The van der Waals surface area contributed by atoms with Gasteiger partial charge in [0.25, 0.3) is 0 Å². The van der Waals surface area contributed by atoms with E-state index in [0.717, 1.165) is 53.5 Å². The lowest BCUT2D eigenvalue weighted by Gasteiger charge is -2.26. The van der Waals surface area contributed by atoms with Crippen LogP contribution in [0.4, 0.5) is 11.4 Å². The summed E-state index contributed by atoms with van der Waals surface area (Å²) in [6.45, 7) is 16.0. The number of anilines is 2. The van der Waals surface area contributed by atoms with Gasteiger partial charge >= 0.3 is 0 Å². The Morgan fingerprint density at radius 2 is 2.00 bits per heavy atom. The normalized spacial score (nSPS) is 10.2. The highest BCUT2D eigenvalue weighted by Gasteiger charge is 2.13. The number of aryl methyl sites for hydroxylation is 1. The number of hydrogen-bond acceptors (Lipinski definition) is 4. The van der Waals surface area contributed by atoms with Crippen molar-refractivity contribution in [1.82, 2.24) is 0 Å². The van der Waals surface area contributed by atoms with E-state index in [1.807, 2.05) is 19.9 Å². The van der Waals surface area contributed by atoms with Crippen LogP contribution in [0, 0.1) is 6.92 Å². The smallest absolute Gasteiger partial charge is 0.144 e. The quantitative estimate of drug-likeness (QED) is 0.427. The molecular formula is C18H28N2O2. The summed E-state index contributed by atoms with van der Waals surface area (Å²) >= 11 is 0. The molecule has 0 fully saturated rings. The lowest BCUT2D eigenvalue weighted by molar-refractivity contribution is 0.231. The molecule has 22 heavy (non-hydrogen) atoms. The Hall–Kier alpha value is -2.10. The molecule has 0 bridgehead atoms. The summed E-state index contributed by atoms with van der Waals surface area (Å²) in [6, 6.07) is 3.94. The van der Waals surface area contributed by atoms with Crippen LogP contribution < -0.4 is 15.4 Å². The summed E-state index contributed by atoms with van der Waals surface area (Å²) in [6.07, 6.45) is 0.758. The van der Waals surface area contributed by atoms with E-state index in [0.29, 0.717) is 6.61 Å². The molecule has 4 heteroatoms. The first-order valence-corrected chi connectivity index (χ1v) is 7.53. The first-order valence-electron chi connectivity index (χ1n) is 7.53. The molecule has 0 saturated heterocycles. The van der Waals surface area contributed by atoms with E-state index in [9.17, 15) is 0 Å². The number of nitrogen functional groups attached to an aromatic ring is 1. The second kappa shape index (κ2) is 8.37. The SMILES string of the molecule is C=C(C)COC(=C)CCN(CC)c1cc(C)c(N)cc1OC. The van der Waals surface area contributed by atoms with Gasteiger partial charge in [0, 0.05) is 31.3 Å². The molecule has 0 spiro atoms. The van der Waals surface area contributed by atoms with Gasteiger partial charge in [-0.3, -0.25) is 0 Å². The molecule has 1 aromatic carbocycles. The summed E-state index contributed by atoms with van der Waals surface area (Å²) < 4.78 is 11.0. The maximum atomic E-state index is 5.96. The summed E-state index contributed by atoms with van der Waals surface area (Å²) in [4.78, 5) is 2.24. The van der Waals surface area contributed by atoms with Crippen LogP contribution in [0.15, 0.2) is 36.6 Å². The Morgan fingerprint density at radius 1 is 1.32 bits per heavy atom. The summed E-state index contributed by atoms with van der Waals surface area (Å²) in [5, 5.41) is 0. The third kappa shape index (κ3) is 5.02. The average molecular weight is 304 g/mol.